The van der Waals surface area contributed by atoms with Crippen molar-refractivity contribution in [1.82, 2.24) is 5.32 Å². The van der Waals surface area contributed by atoms with Gasteiger partial charge in [-0.1, -0.05) is 282 Å². The van der Waals surface area contributed by atoms with Gasteiger partial charge in [-0.05, 0) is 109 Å². The van der Waals surface area contributed by atoms with Crippen LogP contribution in [0.5, 0.6) is 0 Å². The Hall–Kier alpha value is -3.47. The van der Waals surface area contributed by atoms with Crippen LogP contribution in [0.4, 0.5) is 0 Å². The van der Waals surface area contributed by atoms with E-state index >= 15 is 0 Å². The Bertz CT molecular complexity index is 1440. The Labute approximate surface area is 441 Å². The van der Waals surface area contributed by atoms with Crippen LogP contribution in [0.25, 0.3) is 0 Å². The van der Waals surface area contributed by atoms with Gasteiger partial charge in [-0.3, -0.25) is 4.79 Å². The Morgan fingerprint density at radius 2 is 0.634 bits per heavy atom. The van der Waals surface area contributed by atoms with E-state index in [1.165, 1.54) is 154 Å². The highest BCUT2D eigenvalue weighted by Gasteiger charge is 2.18. The number of carbonyl (C=O) groups excluding carboxylic acids is 1. The number of rotatable bonds is 53. The van der Waals surface area contributed by atoms with Crippen LogP contribution in [-0.4, -0.2) is 34.9 Å². The molecule has 0 spiro atoms. The maximum absolute atomic E-state index is 12.5. The summed E-state index contributed by atoms with van der Waals surface area (Å²) in [7, 11) is 0. The minimum absolute atomic E-state index is 0.0823. The number of amides is 1. The van der Waals surface area contributed by atoms with Gasteiger partial charge >= 0.3 is 0 Å². The molecule has 4 nitrogen and oxygen atoms in total. The number of allylic oxidation sites excluding steroid dienone is 21. The van der Waals surface area contributed by atoms with E-state index < -0.39 is 12.1 Å². The first kappa shape index (κ1) is 67.5. The van der Waals surface area contributed by atoms with Gasteiger partial charge < -0.3 is 15.5 Å². The van der Waals surface area contributed by atoms with E-state index in [1.54, 1.807) is 6.08 Å². The fourth-order valence-electron chi connectivity index (χ4n) is 8.34. The van der Waals surface area contributed by atoms with Crippen LogP contribution in [0.3, 0.4) is 0 Å². The number of carbonyl (C=O) groups is 1. The van der Waals surface area contributed by atoms with Crippen molar-refractivity contribution in [3.63, 3.8) is 0 Å². The van der Waals surface area contributed by atoms with Gasteiger partial charge in [-0.15, -0.1) is 0 Å². The summed E-state index contributed by atoms with van der Waals surface area (Å²) in [6, 6.07) is -0.654. The first-order valence-corrected chi connectivity index (χ1v) is 29.9. The number of aliphatic hydroxyl groups excluding tert-OH is 2. The normalized spacial score (nSPS) is 13.8. The van der Waals surface area contributed by atoms with Crippen LogP contribution in [0.2, 0.25) is 0 Å². The van der Waals surface area contributed by atoms with E-state index in [0.29, 0.717) is 6.42 Å². The van der Waals surface area contributed by atoms with Crippen LogP contribution in [0.15, 0.2) is 134 Å². The molecule has 0 bridgehead atoms. The summed E-state index contributed by atoms with van der Waals surface area (Å²) in [5, 5.41) is 23.1. The smallest absolute Gasteiger partial charge is 0.220 e. The van der Waals surface area contributed by atoms with E-state index in [2.05, 4.69) is 141 Å². The maximum atomic E-state index is 12.5. The zero-order chi connectivity index (χ0) is 51.3. The molecule has 0 rings (SSSR count). The average molecular weight is 981 g/mol. The molecule has 0 aromatic carbocycles. The lowest BCUT2D eigenvalue weighted by Gasteiger charge is -2.19. The summed E-state index contributed by atoms with van der Waals surface area (Å²) >= 11 is 0. The van der Waals surface area contributed by atoms with E-state index in [9.17, 15) is 15.0 Å². The topological polar surface area (TPSA) is 69.6 Å². The molecule has 0 aliphatic heterocycles. The van der Waals surface area contributed by atoms with Crippen molar-refractivity contribution in [2.24, 2.45) is 0 Å². The molecule has 1 amide bonds. The van der Waals surface area contributed by atoms with E-state index in [0.717, 1.165) is 89.9 Å². The summed E-state index contributed by atoms with van der Waals surface area (Å²) in [5.74, 6) is -0.0823. The van der Waals surface area contributed by atoms with Crippen molar-refractivity contribution in [3.05, 3.63) is 134 Å². The SMILES string of the molecule is CC/C=C\C/C=C\C/C=C\C/C=C\C/C=C\C/C=C\C/C=C\C/C=C\CCCCCCCCCCCCCCCCC(=O)NC(CO)C(O)/C=C/CC/C=C/CC/C=C/CCCCCCCCCCCC. The highest BCUT2D eigenvalue weighted by molar-refractivity contribution is 5.76. The van der Waals surface area contributed by atoms with Crippen LogP contribution < -0.4 is 5.32 Å². The summed E-state index contributed by atoms with van der Waals surface area (Å²) in [5.41, 5.74) is 0. The highest BCUT2D eigenvalue weighted by atomic mass is 16.3. The minimum atomic E-state index is -0.878. The monoisotopic (exact) mass is 980 g/mol. The molecule has 4 heteroatoms. The summed E-state index contributed by atoms with van der Waals surface area (Å²) < 4.78 is 0. The molecule has 0 saturated carbocycles. The molecule has 0 aromatic heterocycles. The van der Waals surface area contributed by atoms with Gasteiger partial charge in [0.15, 0.2) is 0 Å². The third kappa shape index (κ3) is 57.3. The molecular formula is C67H113NO3. The Morgan fingerprint density at radius 1 is 0.352 bits per heavy atom. The molecule has 2 unspecified atom stereocenters. The lowest BCUT2D eigenvalue weighted by Crippen LogP contribution is -2.45. The zero-order valence-electron chi connectivity index (χ0n) is 46.4. The van der Waals surface area contributed by atoms with Crippen LogP contribution in [-0.2, 0) is 4.79 Å². The van der Waals surface area contributed by atoms with Gasteiger partial charge in [0, 0.05) is 6.42 Å². The fourth-order valence-corrected chi connectivity index (χ4v) is 8.34. The molecule has 0 saturated heterocycles. The van der Waals surface area contributed by atoms with Crippen molar-refractivity contribution < 1.29 is 15.0 Å². The molecule has 3 N–H and O–H groups in total. The second-order valence-electron chi connectivity index (χ2n) is 19.7. The molecule has 404 valence electrons. The Kier molecular flexibility index (Phi) is 57.9. The Balaban J connectivity index is 3.59. The van der Waals surface area contributed by atoms with Gasteiger partial charge in [0.05, 0.1) is 18.8 Å². The molecule has 0 aliphatic rings. The average Bonchev–Trinajstić information content (AvgIpc) is 3.37. The molecule has 0 fully saturated rings. The molecule has 0 aromatic rings. The van der Waals surface area contributed by atoms with Gasteiger partial charge in [0.1, 0.15) is 0 Å². The van der Waals surface area contributed by atoms with E-state index in [1.807, 2.05) is 6.08 Å². The van der Waals surface area contributed by atoms with Crippen molar-refractivity contribution in [3.8, 4) is 0 Å². The quantitative estimate of drug-likeness (QED) is 0.0420. The third-order valence-corrected chi connectivity index (χ3v) is 12.8. The largest absolute Gasteiger partial charge is 0.394 e. The standard InChI is InChI=1S/C67H113NO3/c1-3-5-7-9-11-13-15-17-19-21-23-25-26-27-28-29-30-31-32-33-34-35-36-37-38-39-40-41-42-43-45-47-49-51-53-55-57-59-61-63-67(71)68-65(64-69)66(70)62-60-58-56-54-52-50-48-46-44-24-22-20-18-16-14-12-10-8-6-4-2/h5,7,11,13,17,19,23,25,27-28,30-31,33-34,36-37,44,46,52,54,60,62,65-66,69-70H,3-4,6,8-10,12,14-16,18,20-22,24,26,29,32,35,38-43,45,47-51,53,55-59,61,63-64H2,1-2H3,(H,68,71)/b7-5-,13-11-,19-17-,25-23-,28-27-,31-30-,34-33-,37-36-,46-44+,54-52+,62-60+. The maximum Gasteiger partial charge on any atom is 0.220 e. The third-order valence-electron chi connectivity index (χ3n) is 12.8. The van der Waals surface area contributed by atoms with Crippen LogP contribution in [0, 0.1) is 0 Å². The number of aliphatic hydroxyl groups is 2. The van der Waals surface area contributed by atoms with E-state index in [-0.39, 0.29) is 12.5 Å². The van der Waals surface area contributed by atoms with Gasteiger partial charge in [0.2, 0.25) is 5.91 Å². The fraction of sp³-hybridized carbons (Fsp3) is 0.657. The molecule has 0 radical (unpaired) electrons. The summed E-state index contributed by atoms with van der Waals surface area (Å²) in [6.45, 7) is 4.18. The first-order chi connectivity index (χ1) is 35.2. The van der Waals surface area contributed by atoms with Crippen molar-refractivity contribution in [1.29, 1.82) is 0 Å². The lowest BCUT2D eigenvalue weighted by atomic mass is 10.0. The van der Waals surface area contributed by atoms with Crippen molar-refractivity contribution >= 4 is 5.91 Å². The van der Waals surface area contributed by atoms with Crippen molar-refractivity contribution in [2.45, 2.75) is 276 Å². The predicted octanol–water partition coefficient (Wildman–Crippen LogP) is 20.2. The van der Waals surface area contributed by atoms with Gasteiger partial charge in [-0.25, -0.2) is 0 Å². The zero-order valence-corrected chi connectivity index (χ0v) is 46.4. The highest BCUT2D eigenvalue weighted by Crippen LogP contribution is 2.15. The lowest BCUT2D eigenvalue weighted by molar-refractivity contribution is -0.123. The molecule has 2 atom stereocenters. The van der Waals surface area contributed by atoms with Crippen LogP contribution >= 0.6 is 0 Å². The molecular weight excluding hydrogens is 867 g/mol. The number of nitrogens with one attached hydrogen (secondary N) is 1. The number of unbranched alkanes of at least 4 members (excludes halogenated alkanes) is 26. The second kappa shape index (κ2) is 60.8. The molecule has 0 aliphatic carbocycles. The number of hydrogen-bond donors (Lipinski definition) is 3. The van der Waals surface area contributed by atoms with Gasteiger partial charge in [-0.2, -0.15) is 0 Å². The molecule has 0 heterocycles. The van der Waals surface area contributed by atoms with E-state index in [4.69, 9.17) is 0 Å². The summed E-state index contributed by atoms with van der Waals surface area (Å²) in [6.07, 6.45) is 94.8. The van der Waals surface area contributed by atoms with Crippen molar-refractivity contribution in [2.75, 3.05) is 6.61 Å². The summed E-state index contributed by atoms with van der Waals surface area (Å²) in [4.78, 5) is 12.5. The van der Waals surface area contributed by atoms with Crippen LogP contribution in [0.1, 0.15) is 264 Å². The first-order valence-electron chi connectivity index (χ1n) is 29.9. The molecule has 71 heavy (non-hydrogen) atoms. The number of hydrogen-bond acceptors (Lipinski definition) is 3. The van der Waals surface area contributed by atoms with Gasteiger partial charge in [0.25, 0.3) is 0 Å². The minimum Gasteiger partial charge on any atom is -0.394 e. The predicted molar refractivity (Wildman–Crippen MR) is 317 cm³/mol. The Morgan fingerprint density at radius 3 is 0.986 bits per heavy atom. The second-order valence-corrected chi connectivity index (χ2v) is 19.7.